The van der Waals surface area contributed by atoms with E-state index in [1.807, 2.05) is 0 Å². The molecule has 1 aliphatic carbocycles. The molecule has 0 spiro atoms. The molecule has 1 unspecified atom stereocenters. The lowest BCUT2D eigenvalue weighted by atomic mass is 10.1. The van der Waals surface area contributed by atoms with Crippen LogP contribution in [0.15, 0.2) is 0 Å². The molecule has 2 N–H and O–H groups in total. The van der Waals surface area contributed by atoms with E-state index in [2.05, 4.69) is 17.0 Å². The Hall–Kier alpha value is -0.130. The van der Waals surface area contributed by atoms with Gasteiger partial charge in [-0.05, 0) is 25.2 Å². The Morgan fingerprint density at radius 1 is 1.31 bits per heavy atom. The quantitative estimate of drug-likeness (QED) is 0.642. The Morgan fingerprint density at radius 3 is 2.50 bits per heavy atom. The maximum absolute atomic E-state index is 11.4. The summed E-state index contributed by atoms with van der Waals surface area (Å²) in [6.07, 6.45) is 4.93. The predicted molar refractivity (Wildman–Crippen MR) is 66.9 cm³/mol. The smallest absolute Gasteiger partial charge is 0.212 e. The van der Waals surface area contributed by atoms with Gasteiger partial charge < -0.3 is 5.32 Å². The topological polar surface area (TPSA) is 58.2 Å². The molecule has 5 heteroatoms. The van der Waals surface area contributed by atoms with E-state index in [-0.39, 0.29) is 5.75 Å². The first-order valence-electron chi connectivity index (χ1n) is 6.29. The van der Waals surface area contributed by atoms with Crippen molar-refractivity contribution in [1.82, 2.24) is 10.0 Å². The number of rotatable bonds is 9. The highest BCUT2D eigenvalue weighted by Gasteiger charge is 2.30. The summed E-state index contributed by atoms with van der Waals surface area (Å²) in [6, 6.07) is 0.529. The van der Waals surface area contributed by atoms with Gasteiger partial charge in [-0.25, -0.2) is 13.1 Å². The summed E-state index contributed by atoms with van der Waals surface area (Å²) in [5.74, 6) is 0.982. The lowest BCUT2D eigenvalue weighted by Gasteiger charge is -2.17. The Labute approximate surface area is 99.2 Å². The lowest BCUT2D eigenvalue weighted by molar-refractivity contribution is 0.441. The van der Waals surface area contributed by atoms with Crippen molar-refractivity contribution in [1.29, 1.82) is 0 Å². The monoisotopic (exact) mass is 248 g/mol. The van der Waals surface area contributed by atoms with E-state index in [0.717, 1.165) is 18.8 Å². The number of nitrogens with one attached hydrogen (secondary N) is 2. The number of sulfonamides is 1. The van der Waals surface area contributed by atoms with Crippen molar-refractivity contribution in [2.75, 3.05) is 18.8 Å². The van der Waals surface area contributed by atoms with Crippen molar-refractivity contribution in [3.63, 3.8) is 0 Å². The van der Waals surface area contributed by atoms with E-state index in [0.29, 0.717) is 19.1 Å². The minimum absolute atomic E-state index is 0.188. The molecule has 4 nitrogen and oxygen atoms in total. The molecule has 0 aromatic carbocycles. The van der Waals surface area contributed by atoms with Crippen LogP contribution in [0.25, 0.3) is 0 Å². The third-order valence-electron chi connectivity index (χ3n) is 2.93. The summed E-state index contributed by atoms with van der Waals surface area (Å²) in [5.41, 5.74) is 0. The summed E-state index contributed by atoms with van der Waals surface area (Å²) >= 11 is 0. The van der Waals surface area contributed by atoms with E-state index in [9.17, 15) is 8.42 Å². The van der Waals surface area contributed by atoms with Crippen LogP contribution in [-0.4, -0.2) is 33.3 Å². The maximum Gasteiger partial charge on any atom is 0.212 e. The molecule has 1 aliphatic rings. The molecule has 0 saturated heterocycles. The van der Waals surface area contributed by atoms with Gasteiger partial charge in [-0.2, -0.15) is 0 Å². The molecule has 0 bridgehead atoms. The van der Waals surface area contributed by atoms with Gasteiger partial charge in [-0.3, -0.25) is 0 Å². The van der Waals surface area contributed by atoms with Crippen molar-refractivity contribution in [2.24, 2.45) is 5.92 Å². The van der Waals surface area contributed by atoms with Crippen molar-refractivity contribution in [3.8, 4) is 0 Å². The van der Waals surface area contributed by atoms with E-state index < -0.39 is 10.0 Å². The van der Waals surface area contributed by atoms with Crippen LogP contribution in [-0.2, 0) is 10.0 Å². The van der Waals surface area contributed by atoms with Gasteiger partial charge in [0.2, 0.25) is 10.0 Å². The normalized spacial score (nSPS) is 18.6. The van der Waals surface area contributed by atoms with Gasteiger partial charge in [0.15, 0.2) is 0 Å². The highest BCUT2D eigenvalue weighted by molar-refractivity contribution is 7.89. The van der Waals surface area contributed by atoms with E-state index in [1.54, 1.807) is 6.92 Å². The molecule has 96 valence electrons. The number of hydrogen-bond donors (Lipinski definition) is 2. The van der Waals surface area contributed by atoms with Crippen molar-refractivity contribution in [2.45, 2.75) is 45.6 Å². The lowest BCUT2D eigenvalue weighted by Crippen LogP contribution is -2.37. The summed E-state index contributed by atoms with van der Waals surface area (Å²) in [4.78, 5) is 0. The van der Waals surface area contributed by atoms with Crippen LogP contribution < -0.4 is 10.0 Å². The van der Waals surface area contributed by atoms with Gasteiger partial charge >= 0.3 is 0 Å². The van der Waals surface area contributed by atoms with Crippen LogP contribution in [0, 0.1) is 5.92 Å². The molecule has 0 heterocycles. The van der Waals surface area contributed by atoms with Gasteiger partial charge in [-0.15, -0.1) is 0 Å². The second-order valence-corrected chi connectivity index (χ2v) is 6.43. The average molecular weight is 248 g/mol. The first kappa shape index (κ1) is 13.9. The van der Waals surface area contributed by atoms with Crippen LogP contribution in [0.5, 0.6) is 0 Å². The van der Waals surface area contributed by atoms with Crippen LogP contribution >= 0.6 is 0 Å². The van der Waals surface area contributed by atoms with E-state index >= 15 is 0 Å². The fourth-order valence-corrected chi connectivity index (χ4v) is 2.96. The first-order valence-corrected chi connectivity index (χ1v) is 7.95. The molecule has 0 aromatic heterocycles. The molecular weight excluding hydrogens is 224 g/mol. The molecule has 0 aliphatic heterocycles. The molecule has 1 rings (SSSR count). The van der Waals surface area contributed by atoms with Crippen LogP contribution in [0.1, 0.15) is 39.5 Å². The zero-order valence-corrected chi connectivity index (χ0v) is 11.1. The minimum atomic E-state index is -3.06. The Balaban J connectivity index is 2.22. The average Bonchev–Trinajstić information content (AvgIpc) is 2.99. The highest BCUT2D eigenvalue weighted by Crippen LogP contribution is 2.34. The van der Waals surface area contributed by atoms with E-state index in [1.165, 1.54) is 12.8 Å². The Kier molecular flexibility index (Phi) is 5.72. The van der Waals surface area contributed by atoms with Crippen LogP contribution in [0.3, 0.4) is 0 Å². The standard InChI is InChI=1S/C11H24N2O2S/c1-3-5-11(10-6-7-10)12-8-9-16(14,15)13-4-2/h10-13H,3-9H2,1-2H3. The molecule has 0 amide bonds. The Bertz CT molecular complexity index is 286. The van der Waals surface area contributed by atoms with Crippen LogP contribution in [0.4, 0.5) is 0 Å². The fraction of sp³-hybridized carbons (Fsp3) is 1.00. The molecule has 1 saturated carbocycles. The zero-order chi connectivity index (χ0) is 12.0. The van der Waals surface area contributed by atoms with Gasteiger partial charge in [0.1, 0.15) is 0 Å². The Morgan fingerprint density at radius 2 is 2.00 bits per heavy atom. The van der Waals surface area contributed by atoms with Crippen molar-refractivity contribution >= 4 is 10.0 Å². The summed E-state index contributed by atoms with van der Waals surface area (Å²) in [5, 5.41) is 3.38. The third-order valence-corrected chi connectivity index (χ3v) is 4.40. The van der Waals surface area contributed by atoms with Crippen molar-refractivity contribution < 1.29 is 8.42 Å². The van der Waals surface area contributed by atoms with Gasteiger partial charge in [-0.1, -0.05) is 20.3 Å². The SMILES string of the molecule is CCCC(NCCS(=O)(=O)NCC)C1CC1. The molecule has 0 aromatic rings. The first-order chi connectivity index (χ1) is 7.59. The predicted octanol–water partition coefficient (Wildman–Crippen LogP) is 1.09. The van der Waals surface area contributed by atoms with Gasteiger partial charge in [0, 0.05) is 19.1 Å². The van der Waals surface area contributed by atoms with Gasteiger partial charge in [0.05, 0.1) is 5.75 Å². The van der Waals surface area contributed by atoms with Crippen LogP contribution in [0.2, 0.25) is 0 Å². The summed E-state index contributed by atoms with van der Waals surface area (Å²) in [7, 11) is -3.06. The third kappa shape index (κ3) is 5.27. The zero-order valence-electron chi connectivity index (χ0n) is 10.3. The maximum atomic E-state index is 11.4. The molecule has 1 fully saturated rings. The second kappa shape index (κ2) is 6.57. The minimum Gasteiger partial charge on any atom is -0.313 e. The fourth-order valence-electron chi connectivity index (χ4n) is 1.98. The summed E-state index contributed by atoms with van der Waals surface area (Å²) in [6.45, 7) is 5.02. The van der Waals surface area contributed by atoms with Crippen molar-refractivity contribution in [3.05, 3.63) is 0 Å². The van der Waals surface area contributed by atoms with Gasteiger partial charge in [0.25, 0.3) is 0 Å². The molecule has 1 atom stereocenters. The molecule has 0 radical (unpaired) electrons. The van der Waals surface area contributed by atoms with E-state index in [4.69, 9.17) is 0 Å². The second-order valence-electron chi connectivity index (χ2n) is 4.50. The number of hydrogen-bond acceptors (Lipinski definition) is 3. The molecule has 16 heavy (non-hydrogen) atoms. The molecular formula is C11H24N2O2S. The largest absolute Gasteiger partial charge is 0.313 e. The highest BCUT2D eigenvalue weighted by atomic mass is 32.2. The summed E-state index contributed by atoms with van der Waals surface area (Å²) < 4.78 is 25.3.